The van der Waals surface area contributed by atoms with Crippen LogP contribution in [0.2, 0.25) is 0 Å². The number of nitrogens with one attached hydrogen (secondary N) is 1. The Morgan fingerprint density at radius 3 is 2.81 bits per heavy atom. The standard InChI is InChI=1S/C22H23N9O4S2/c1-2-37(34,35)30-13-22(14-30,5-6-23)31-11-15(9-25-31)19-20-17(4-8-36-20)27-21(28-19)26-16-10-24-29(12-16)7-3-18(32)33/h4,8-12H,2-3,5,7,13-14H2,1H3,(H,32,33)(H,26,27,28). The van der Waals surface area contributed by atoms with Crippen molar-refractivity contribution in [2.75, 3.05) is 24.2 Å². The van der Waals surface area contributed by atoms with E-state index in [1.165, 1.54) is 20.3 Å². The van der Waals surface area contributed by atoms with Gasteiger partial charge in [0.2, 0.25) is 16.0 Å². The van der Waals surface area contributed by atoms with Gasteiger partial charge in [-0.05, 0) is 18.4 Å². The molecule has 1 saturated heterocycles. The van der Waals surface area contributed by atoms with Crippen LogP contribution in [0.1, 0.15) is 19.8 Å². The molecule has 0 unspecified atom stereocenters. The van der Waals surface area contributed by atoms with Gasteiger partial charge in [0.1, 0.15) is 5.54 Å². The average molecular weight is 542 g/mol. The van der Waals surface area contributed by atoms with Gasteiger partial charge in [0.15, 0.2) is 0 Å². The van der Waals surface area contributed by atoms with Crippen molar-refractivity contribution >= 4 is 49.2 Å². The van der Waals surface area contributed by atoms with Crippen molar-refractivity contribution in [2.24, 2.45) is 0 Å². The maximum Gasteiger partial charge on any atom is 0.305 e. The highest BCUT2D eigenvalue weighted by molar-refractivity contribution is 7.89. The summed E-state index contributed by atoms with van der Waals surface area (Å²) in [5, 5.41) is 32.0. The van der Waals surface area contributed by atoms with E-state index in [0.29, 0.717) is 22.9 Å². The van der Waals surface area contributed by atoms with Crippen LogP contribution < -0.4 is 5.32 Å². The highest BCUT2D eigenvalue weighted by Crippen LogP contribution is 2.37. The predicted octanol–water partition coefficient (Wildman–Crippen LogP) is 2.24. The Kier molecular flexibility index (Phi) is 6.40. The Labute approximate surface area is 216 Å². The summed E-state index contributed by atoms with van der Waals surface area (Å²) in [6.45, 7) is 2.22. The molecule has 1 fully saturated rings. The number of hydrogen-bond acceptors (Lipinski definition) is 10. The van der Waals surface area contributed by atoms with Crippen molar-refractivity contribution in [3.8, 4) is 17.3 Å². The molecule has 192 valence electrons. The van der Waals surface area contributed by atoms with Gasteiger partial charge in [-0.3, -0.25) is 14.2 Å². The number of anilines is 2. The number of nitriles is 1. The number of carboxylic acid groups (broad SMARTS) is 1. The van der Waals surface area contributed by atoms with Gasteiger partial charge in [-0.15, -0.1) is 11.3 Å². The zero-order valence-corrected chi connectivity index (χ0v) is 21.4. The number of carboxylic acids is 1. The van der Waals surface area contributed by atoms with Crippen LogP contribution in [0.3, 0.4) is 0 Å². The fourth-order valence-corrected chi connectivity index (χ4v) is 6.27. The van der Waals surface area contributed by atoms with E-state index < -0.39 is 21.5 Å². The molecule has 13 nitrogen and oxygen atoms in total. The third kappa shape index (κ3) is 4.78. The minimum atomic E-state index is -3.35. The Bertz CT molecular complexity index is 1610. The quantitative estimate of drug-likeness (QED) is 0.303. The summed E-state index contributed by atoms with van der Waals surface area (Å²) in [6, 6.07) is 4.05. The molecular formula is C22H23N9O4S2. The first-order valence-electron chi connectivity index (χ1n) is 11.4. The Morgan fingerprint density at radius 2 is 2.08 bits per heavy atom. The smallest absolute Gasteiger partial charge is 0.305 e. The summed E-state index contributed by atoms with van der Waals surface area (Å²) >= 11 is 1.49. The summed E-state index contributed by atoms with van der Waals surface area (Å²) in [5.74, 6) is -0.562. The molecule has 0 bridgehead atoms. The van der Waals surface area contributed by atoms with Gasteiger partial charge in [-0.2, -0.15) is 19.8 Å². The number of sulfonamides is 1. The van der Waals surface area contributed by atoms with Gasteiger partial charge >= 0.3 is 5.97 Å². The van der Waals surface area contributed by atoms with Gasteiger partial charge in [0.05, 0.1) is 65.2 Å². The van der Waals surface area contributed by atoms with Crippen molar-refractivity contribution < 1.29 is 18.3 Å². The number of rotatable bonds is 10. The van der Waals surface area contributed by atoms with E-state index >= 15 is 0 Å². The normalized spacial score (nSPS) is 15.4. The Balaban J connectivity index is 1.43. The average Bonchev–Trinajstić information content (AvgIpc) is 3.60. The lowest BCUT2D eigenvalue weighted by Crippen LogP contribution is -2.64. The number of nitrogens with zero attached hydrogens (tertiary/aromatic N) is 8. The number of fused-ring (bicyclic) bond motifs is 1. The maximum absolute atomic E-state index is 12.3. The van der Waals surface area contributed by atoms with Gasteiger partial charge < -0.3 is 10.4 Å². The molecule has 0 saturated carbocycles. The van der Waals surface area contributed by atoms with E-state index in [4.69, 9.17) is 10.1 Å². The maximum atomic E-state index is 12.3. The summed E-state index contributed by atoms with van der Waals surface area (Å²) in [4.78, 5) is 20.1. The van der Waals surface area contributed by atoms with E-state index in [9.17, 15) is 18.5 Å². The minimum Gasteiger partial charge on any atom is -0.481 e. The summed E-state index contributed by atoms with van der Waals surface area (Å²) in [5.41, 5.74) is 1.98. The molecule has 5 heterocycles. The van der Waals surface area contributed by atoms with Crippen LogP contribution in [0, 0.1) is 11.3 Å². The molecule has 4 aromatic rings. The lowest BCUT2D eigenvalue weighted by atomic mass is 9.89. The van der Waals surface area contributed by atoms with E-state index in [1.807, 2.05) is 11.4 Å². The fourth-order valence-electron chi connectivity index (χ4n) is 4.18. The van der Waals surface area contributed by atoms with Crippen LogP contribution in [0.15, 0.2) is 36.2 Å². The number of aromatic nitrogens is 6. The Hall–Kier alpha value is -3.87. The van der Waals surface area contributed by atoms with Crippen LogP contribution >= 0.6 is 11.3 Å². The van der Waals surface area contributed by atoms with E-state index in [2.05, 4.69) is 26.6 Å². The minimum absolute atomic E-state index is 0.00548. The second-order valence-electron chi connectivity index (χ2n) is 8.69. The molecule has 15 heteroatoms. The molecule has 37 heavy (non-hydrogen) atoms. The second kappa shape index (κ2) is 9.54. The Morgan fingerprint density at radius 1 is 1.27 bits per heavy atom. The number of carbonyl (C=O) groups is 1. The van der Waals surface area contributed by atoms with Gasteiger partial charge in [-0.1, -0.05) is 0 Å². The first kappa shape index (κ1) is 24.8. The molecule has 0 radical (unpaired) electrons. The second-order valence-corrected chi connectivity index (χ2v) is 11.9. The van der Waals surface area contributed by atoms with Crippen LogP contribution in [-0.4, -0.2) is 72.2 Å². The highest BCUT2D eigenvalue weighted by atomic mass is 32.2. The first-order chi connectivity index (χ1) is 17.7. The molecule has 2 N–H and O–H groups in total. The number of aryl methyl sites for hydroxylation is 1. The van der Waals surface area contributed by atoms with Crippen LogP contribution in [0.5, 0.6) is 0 Å². The molecule has 0 amide bonds. The molecule has 5 rings (SSSR count). The van der Waals surface area contributed by atoms with Crippen molar-refractivity contribution in [1.82, 2.24) is 33.8 Å². The van der Waals surface area contributed by atoms with E-state index in [0.717, 1.165) is 10.2 Å². The van der Waals surface area contributed by atoms with E-state index in [-0.39, 0.29) is 38.2 Å². The third-order valence-corrected chi connectivity index (χ3v) is 8.88. The summed E-state index contributed by atoms with van der Waals surface area (Å²) in [7, 11) is -3.35. The van der Waals surface area contributed by atoms with Crippen molar-refractivity contribution in [1.29, 1.82) is 5.26 Å². The van der Waals surface area contributed by atoms with Crippen molar-refractivity contribution in [3.63, 3.8) is 0 Å². The van der Waals surface area contributed by atoms with Crippen LogP contribution in [-0.2, 0) is 26.9 Å². The highest BCUT2D eigenvalue weighted by Gasteiger charge is 2.49. The molecule has 1 aliphatic rings. The molecule has 1 aliphatic heterocycles. The number of aliphatic carboxylic acids is 1. The number of thiophene rings is 1. The molecule has 4 aromatic heterocycles. The largest absolute Gasteiger partial charge is 0.481 e. The fraction of sp³-hybridized carbons (Fsp3) is 0.364. The van der Waals surface area contributed by atoms with Gasteiger partial charge in [-0.25, -0.2) is 18.4 Å². The first-order valence-corrected chi connectivity index (χ1v) is 13.9. The van der Waals surface area contributed by atoms with Crippen LogP contribution in [0.25, 0.3) is 21.5 Å². The summed E-state index contributed by atoms with van der Waals surface area (Å²) in [6.07, 6.45) is 6.79. The van der Waals surface area contributed by atoms with Crippen LogP contribution in [0.4, 0.5) is 11.6 Å². The summed E-state index contributed by atoms with van der Waals surface area (Å²) < 4.78 is 30.0. The molecule has 0 spiro atoms. The lowest BCUT2D eigenvalue weighted by Gasteiger charge is -2.47. The molecule has 0 aromatic carbocycles. The third-order valence-electron chi connectivity index (χ3n) is 6.20. The SMILES string of the molecule is CCS(=O)(=O)N1CC(CC#N)(n2cc(-c3nc(Nc4cnn(CCC(=O)O)c4)nc4ccsc34)cn2)C1. The lowest BCUT2D eigenvalue weighted by molar-refractivity contribution is -0.137. The molecular weight excluding hydrogens is 518 g/mol. The zero-order valence-electron chi connectivity index (χ0n) is 19.8. The topological polar surface area (TPSA) is 172 Å². The number of hydrogen-bond donors (Lipinski definition) is 2. The molecule has 0 aliphatic carbocycles. The van der Waals surface area contributed by atoms with Crippen molar-refractivity contribution in [3.05, 3.63) is 36.2 Å². The van der Waals surface area contributed by atoms with E-state index in [1.54, 1.807) is 36.4 Å². The van der Waals surface area contributed by atoms with Crippen molar-refractivity contribution in [2.45, 2.75) is 31.8 Å². The van der Waals surface area contributed by atoms with Gasteiger partial charge in [0, 0.05) is 31.0 Å². The predicted molar refractivity (Wildman–Crippen MR) is 136 cm³/mol. The molecule has 0 atom stereocenters. The monoisotopic (exact) mass is 541 g/mol. The zero-order chi connectivity index (χ0) is 26.2. The van der Waals surface area contributed by atoms with Gasteiger partial charge in [0.25, 0.3) is 0 Å².